The van der Waals surface area contributed by atoms with Gasteiger partial charge in [0.1, 0.15) is 5.56 Å². The number of rotatable bonds is 5. The molecule has 1 heterocycles. The number of carbonyl (C=O) groups is 1. The maximum Gasteiger partial charge on any atom is 0.342 e. The fraction of sp³-hybridized carbons (Fsp3) is 0.0833. The Labute approximate surface area is 126 Å². The summed E-state index contributed by atoms with van der Waals surface area (Å²) in [5, 5.41) is 22.4. The first-order valence-electron chi connectivity index (χ1n) is 5.58. The van der Waals surface area contributed by atoms with Crippen molar-refractivity contribution in [1.29, 1.82) is 0 Å². The van der Waals surface area contributed by atoms with E-state index in [1.165, 1.54) is 11.3 Å². The smallest absolute Gasteiger partial charge is 0.342 e. The largest absolute Gasteiger partial charge is 0.477 e. The van der Waals surface area contributed by atoms with Crippen molar-refractivity contribution in [3.63, 3.8) is 0 Å². The van der Waals surface area contributed by atoms with E-state index in [0.29, 0.717) is 10.4 Å². The van der Waals surface area contributed by atoms with Crippen molar-refractivity contribution in [3.05, 3.63) is 55.0 Å². The van der Waals surface area contributed by atoms with Crippen LogP contribution < -0.4 is 5.32 Å². The summed E-state index contributed by atoms with van der Waals surface area (Å²) in [5.41, 5.74) is -1.49. The second kappa shape index (κ2) is 6.06. The van der Waals surface area contributed by atoms with Gasteiger partial charge in [-0.3, -0.25) is 10.1 Å². The second-order valence-corrected chi connectivity index (χ2v) is 5.77. The van der Waals surface area contributed by atoms with Crippen molar-refractivity contribution in [2.24, 2.45) is 0 Å². The van der Waals surface area contributed by atoms with E-state index in [4.69, 9.17) is 16.7 Å². The normalized spacial score (nSPS) is 10.4. The van der Waals surface area contributed by atoms with Crippen LogP contribution in [0.1, 0.15) is 15.2 Å². The first-order chi connectivity index (χ1) is 9.88. The quantitative estimate of drug-likeness (QED) is 0.643. The van der Waals surface area contributed by atoms with E-state index in [-0.39, 0.29) is 12.2 Å². The predicted octanol–water partition coefficient (Wildman–Crippen LogP) is 3.76. The van der Waals surface area contributed by atoms with Gasteiger partial charge >= 0.3 is 5.97 Å². The number of hydrogen-bond acceptors (Lipinski definition) is 5. The van der Waals surface area contributed by atoms with Crippen LogP contribution in [0.3, 0.4) is 0 Å². The maximum absolute atomic E-state index is 13.8. The standard InChI is InChI=1S/C12H8ClFN2O4S/c13-11-2-1-6(21-11)5-15-9-3-7(12(17)18)10(16(19)20)4-8(9)14/h1-4,15H,5H2,(H,17,18). The molecule has 0 bridgehead atoms. The third-order valence-electron chi connectivity index (χ3n) is 2.59. The third-order valence-corrected chi connectivity index (χ3v) is 3.83. The van der Waals surface area contributed by atoms with E-state index in [2.05, 4.69) is 5.32 Å². The number of thiophene rings is 1. The summed E-state index contributed by atoms with van der Waals surface area (Å²) in [7, 11) is 0. The van der Waals surface area contributed by atoms with Gasteiger partial charge in [0.05, 0.1) is 21.0 Å². The van der Waals surface area contributed by atoms with E-state index in [0.717, 1.165) is 10.9 Å². The molecule has 0 aliphatic carbocycles. The van der Waals surface area contributed by atoms with Crippen LogP contribution in [-0.2, 0) is 6.54 Å². The van der Waals surface area contributed by atoms with E-state index in [9.17, 15) is 19.3 Å². The number of nitro groups is 1. The zero-order chi connectivity index (χ0) is 15.6. The molecule has 110 valence electrons. The molecule has 0 saturated carbocycles. The molecule has 0 spiro atoms. The molecular formula is C12H8ClFN2O4S. The monoisotopic (exact) mass is 330 g/mol. The fourth-order valence-electron chi connectivity index (χ4n) is 1.65. The molecule has 2 rings (SSSR count). The van der Waals surface area contributed by atoms with Crippen LogP contribution in [0.15, 0.2) is 24.3 Å². The van der Waals surface area contributed by atoms with Gasteiger partial charge in [0.25, 0.3) is 5.69 Å². The number of anilines is 1. The summed E-state index contributed by atoms with van der Waals surface area (Å²) in [6, 6.07) is 4.91. The summed E-state index contributed by atoms with van der Waals surface area (Å²) in [6.45, 7) is 0.227. The summed E-state index contributed by atoms with van der Waals surface area (Å²) < 4.78 is 14.4. The van der Waals surface area contributed by atoms with Gasteiger partial charge in [-0.2, -0.15) is 0 Å². The molecule has 1 aromatic heterocycles. The lowest BCUT2D eigenvalue weighted by Gasteiger charge is -2.08. The first kappa shape index (κ1) is 15.2. The third kappa shape index (κ3) is 3.47. The second-order valence-electron chi connectivity index (χ2n) is 3.97. The zero-order valence-corrected chi connectivity index (χ0v) is 11.9. The molecule has 0 aliphatic heterocycles. The lowest BCUT2D eigenvalue weighted by atomic mass is 10.1. The summed E-state index contributed by atoms with van der Waals surface area (Å²) in [6.07, 6.45) is 0. The molecule has 1 aromatic carbocycles. The SMILES string of the molecule is O=C(O)c1cc(NCc2ccc(Cl)s2)c(F)cc1[N+](=O)[O-]. The van der Waals surface area contributed by atoms with Gasteiger partial charge in [0, 0.05) is 11.4 Å². The Bertz CT molecular complexity index is 719. The average Bonchev–Trinajstić information content (AvgIpc) is 2.82. The van der Waals surface area contributed by atoms with Crippen LogP contribution >= 0.6 is 22.9 Å². The Kier molecular flexibility index (Phi) is 4.39. The highest BCUT2D eigenvalue weighted by molar-refractivity contribution is 7.16. The predicted molar refractivity (Wildman–Crippen MR) is 76.7 cm³/mol. The molecule has 0 radical (unpaired) electrons. The molecule has 0 unspecified atom stereocenters. The first-order valence-corrected chi connectivity index (χ1v) is 6.77. The fourth-order valence-corrected chi connectivity index (χ4v) is 2.68. The Morgan fingerprint density at radius 3 is 2.71 bits per heavy atom. The van der Waals surface area contributed by atoms with Gasteiger partial charge in [-0.1, -0.05) is 11.6 Å². The van der Waals surface area contributed by atoms with Gasteiger partial charge in [-0.15, -0.1) is 11.3 Å². The highest BCUT2D eigenvalue weighted by Crippen LogP contribution is 2.28. The van der Waals surface area contributed by atoms with Gasteiger partial charge in [0.15, 0.2) is 5.82 Å². The topological polar surface area (TPSA) is 92.5 Å². The van der Waals surface area contributed by atoms with E-state index in [1.807, 2.05) is 0 Å². The molecule has 0 amide bonds. The minimum absolute atomic E-state index is 0.123. The number of carboxylic acids is 1. The maximum atomic E-state index is 13.8. The number of aromatic carboxylic acids is 1. The van der Waals surface area contributed by atoms with E-state index < -0.39 is 28.0 Å². The molecule has 2 N–H and O–H groups in total. The number of nitrogens with one attached hydrogen (secondary N) is 1. The average molecular weight is 331 g/mol. The van der Waals surface area contributed by atoms with Gasteiger partial charge < -0.3 is 10.4 Å². The van der Waals surface area contributed by atoms with Gasteiger partial charge in [-0.25, -0.2) is 9.18 Å². The molecule has 0 fully saturated rings. The van der Waals surface area contributed by atoms with Gasteiger partial charge in [-0.05, 0) is 18.2 Å². The Morgan fingerprint density at radius 1 is 1.48 bits per heavy atom. The molecular weight excluding hydrogens is 323 g/mol. The molecule has 0 atom stereocenters. The van der Waals surface area contributed by atoms with Crippen molar-refractivity contribution in [1.82, 2.24) is 0 Å². The molecule has 0 saturated heterocycles. The number of carboxylic acid groups (broad SMARTS) is 1. The van der Waals surface area contributed by atoms with Crippen LogP contribution in [0, 0.1) is 15.9 Å². The molecule has 9 heteroatoms. The van der Waals surface area contributed by atoms with Crippen molar-refractivity contribution in [3.8, 4) is 0 Å². The van der Waals surface area contributed by atoms with Crippen LogP contribution in [0.4, 0.5) is 15.8 Å². The minimum atomic E-state index is -1.50. The molecule has 6 nitrogen and oxygen atoms in total. The van der Waals surface area contributed by atoms with Crippen molar-refractivity contribution < 1.29 is 19.2 Å². The Hall–Kier alpha value is -2.19. The Morgan fingerprint density at radius 2 is 2.19 bits per heavy atom. The van der Waals surface area contributed by atoms with E-state index >= 15 is 0 Å². The molecule has 2 aromatic rings. The number of nitrogens with zero attached hydrogens (tertiary/aromatic N) is 1. The number of halogens is 2. The van der Waals surface area contributed by atoms with Crippen LogP contribution in [0.5, 0.6) is 0 Å². The van der Waals surface area contributed by atoms with Gasteiger partial charge in [0.2, 0.25) is 0 Å². The minimum Gasteiger partial charge on any atom is -0.477 e. The lowest BCUT2D eigenvalue weighted by Crippen LogP contribution is -2.07. The molecule has 21 heavy (non-hydrogen) atoms. The number of nitro benzene ring substituents is 1. The number of benzene rings is 1. The zero-order valence-electron chi connectivity index (χ0n) is 10.3. The van der Waals surface area contributed by atoms with Crippen LogP contribution in [0.2, 0.25) is 4.34 Å². The number of hydrogen-bond donors (Lipinski definition) is 2. The summed E-state index contributed by atoms with van der Waals surface area (Å²) in [5.74, 6) is -2.39. The highest BCUT2D eigenvalue weighted by Gasteiger charge is 2.23. The summed E-state index contributed by atoms with van der Waals surface area (Å²) in [4.78, 5) is 21.6. The van der Waals surface area contributed by atoms with Crippen LogP contribution in [-0.4, -0.2) is 16.0 Å². The molecule has 0 aliphatic rings. The van der Waals surface area contributed by atoms with Crippen molar-refractivity contribution >= 4 is 40.3 Å². The van der Waals surface area contributed by atoms with Crippen LogP contribution in [0.25, 0.3) is 0 Å². The summed E-state index contributed by atoms with van der Waals surface area (Å²) >= 11 is 7.05. The van der Waals surface area contributed by atoms with Crippen molar-refractivity contribution in [2.75, 3.05) is 5.32 Å². The lowest BCUT2D eigenvalue weighted by molar-refractivity contribution is -0.385. The highest BCUT2D eigenvalue weighted by atomic mass is 35.5. The Balaban J connectivity index is 2.29. The van der Waals surface area contributed by atoms with Crippen molar-refractivity contribution in [2.45, 2.75) is 6.54 Å². The van der Waals surface area contributed by atoms with E-state index in [1.54, 1.807) is 12.1 Å².